The third-order valence-corrected chi connectivity index (χ3v) is 3.95. The van der Waals surface area contributed by atoms with Gasteiger partial charge in [0.2, 0.25) is 5.82 Å². The highest BCUT2D eigenvalue weighted by Gasteiger charge is 2.40. The quantitative estimate of drug-likeness (QED) is 0.632. The molecule has 2 rings (SSSR count). The molecule has 1 aliphatic rings. The van der Waals surface area contributed by atoms with Crippen LogP contribution in [0.5, 0.6) is 0 Å². The van der Waals surface area contributed by atoms with Crippen molar-refractivity contribution in [2.45, 2.75) is 51.9 Å². The van der Waals surface area contributed by atoms with Crippen LogP contribution >= 0.6 is 0 Å². The second-order valence-electron chi connectivity index (χ2n) is 5.80. The number of nitro groups is 1. The standard InChI is InChI=1S/C13H22N4O4/c1-8(2)16-12(11(17(19)20)9(3)15-16)14-7-13(18)5-6-21-10(13)4/h8,10,14,18H,5-7H2,1-4H3. The van der Waals surface area contributed by atoms with Gasteiger partial charge in [0.15, 0.2) is 0 Å². The smallest absolute Gasteiger partial charge is 0.333 e. The maximum Gasteiger partial charge on any atom is 0.333 e. The largest absolute Gasteiger partial charge is 0.385 e. The van der Waals surface area contributed by atoms with Gasteiger partial charge in [0.1, 0.15) is 11.3 Å². The number of aromatic nitrogens is 2. The van der Waals surface area contributed by atoms with Crippen LogP contribution in [0.15, 0.2) is 0 Å². The Bertz CT molecular complexity index is 543. The molecule has 1 aromatic rings. The maximum absolute atomic E-state index is 11.2. The Morgan fingerprint density at radius 2 is 2.33 bits per heavy atom. The van der Waals surface area contributed by atoms with Gasteiger partial charge in [-0.2, -0.15) is 5.10 Å². The molecule has 21 heavy (non-hydrogen) atoms. The van der Waals surface area contributed by atoms with E-state index in [1.165, 1.54) is 0 Å². The lowest BCUT2D eigenvalue weighted by atomic mass is 9.97. The predicted molar refractivity (Wildman–Crippen MR) is 77.5 cm³/mol. The first-order valence-electron chi connectivity index (χ1n) is 7.07. The third kappa shape index (κ3) is 2.86. The summed E-state index contributed by atoms with van der Waals surface area (Å²) >= 11 is 0. The Labute approximate surface area is 123 Å². The lowest BCUT2D eigenvalue weighted by Gasteiger charge is -2.26. The fourth-order valence-corrected chi connectivity index (χ4v) is 2.54. The van der Waals surface area contributed by atoms with E-state index in [0.717, 1.165) is 0 Å². The number of anilines is 1. The highest BCUT2D eigenvalue weighted by atomic mass is 16.6. The lowest BCUT2D eigenvalue weighted by Crippen LogP contribution is -2.43. The number of hydrogen-bond acceptors (Lipinski definition) is 6. The van der Waals surface area contributed by atoms with E-state index in [9.17, 15) is 15.2 Å². The molecule has 0 spiro atoms. The molecule has 1 aliphatic heterocycles. The van der Waals surface area contributed by atoms with Crippen molar-refractivity contribution in [3.05, 3.63) is 15.8 Å². The summed E-state index contributed by atoms with van der Waals surface area (Å²) in [7, 11) is 0. The molecule has 0 bridgehead atoms. The molecule has 2 unspecified atom stereocenters. The van der Waals surface area contributed by atoms with Gasteiger partial charge >= 0.3 is 5.69 Å². The van der Waals surface area contributed by atoms with Crippen LogP contribution in [0.25, 0.3) is 0 Å². The molecule has 0 saturated carbocycles. The zero-order chi connectivity index (χ0) is 15.8. The van der Waals surface area contributed by atoms with E-state index in [1.54, 1.807) is 18.5 Å². The van der Waals surface area contributed by atoms with Crippen molar-refractivity contribution in [3.8, 4) is 0 Å². The summed E-state index contributed by atoms with van der Waals surface area (Å²) in [4.78, 5) is 10.8. The average Bonchev–Trinajstić information content (AvgIpc) is 2.89. The summed E-state index contributed by atoms with van der Waals surface area (Å²) < 4.78 is 6.95. The molecule has 2 N–H and O–H groups in total. The first-order valence-corrected chi connectivity index (χ1v) is 7.07. The van der Waals surface area contributed by atoms with Crippen LogP contribution in [0.1, 0.15) is 38.9 Å². The SMILES string of the molecule is Cc1nn(C(C)C)c(NCC2(O)CCOC2C)c1[N+](=O)[O-]. The average molecular weight is 298 g/mol. The lowest BCUT2D eigenvalue weighted by molar-refractivity contribution is -0.384. The van der Waals surface area contributed by atoms with Crippen LogP contribution in [0.2, 0.25) is 0 Å². The zero-order valence-electron chi connectivity index (χ0n) is 12.8. The van der Waals surface area contributed by atoms with E-state index in [-0.39, 0.29) is 24.4 Å². The van der Waals surface area contributed by atoms with E-state index in [4.69, 9.17) is 4.74 Å². The van der Waals surface area contributed by atoms with Crippen molar-refractivity contribution in [2.75, 3.05) is 18.5 Å². The van der Waals surface area contributed by atoms with Gasteiger partial charge in [-0.15, -0.1) is 0 Å². The molecule has 0 radical (unpaired) electrons. The molecule has 8 heteroatoms. The number of rotatable bonds is 5. The molecule has 1 aromatic heterocycles. The van der Waals surface area contributed by atoms with Crippen molar-refractivity contribution in [3.63, 3.8) is 0 Å². The van der Waals surface area contributed by atoms with Gasteiger partial charge in [0.25, 0.3) is 0 Å². The van der Waals surface area contributed by atoms with Crippen LogP contribution in [-0.4, -0.2) is 44.7 Å². The number of aliphatic hydroxyl groups is 1. The highest BCUT2D eigenvalue weighted by molar-refractivity contribution is 5.60. The fraction of sp³-hybridized carbons (Fsp3) is 0.769. The van der Waals surface area contributed by atoms with Crippen LogP contribution in [-0.2, 0) is 4.74 Å². The third-order valence-electron chi connectivity index (χ3n) is 3.95. The van der Waals surface area contributed by atoms with Gasteiger partial charge in [0.05, 0.1) is 11.0 Å². The van der Waals surface area contributed by atoms with E-state index >= 15 is 0 Å². The molecular formula is C13H22N4O4. The van der Waals surface area contributed by atoms with Gasteiger partial charge in [-0.25, -0.2) is 4.68 Å². The Morgan fingerprint density at radius 1 is 1.67 bits per heavy atom. The maximum atomic E-state index is 11.2. The summed E-state index contributed by atoms with van der Waals surface area (Å²) in [5.74, 6) is 0.333. The summed E-state index contributed by atoms with van der Waals surface area (Å²) in [5.41, 5.74) is -0.703. The van der Waals surface area contributed by atoms with Crippen molar-refractivity contribution >= 4 is 11.5 Å². The normalized spacial score (nSPS) is 25.5. The van der Waals surface area contributed by atoms with E-state index in [0.29, 0.717) is 24.5 Å². The number of ether oxygens (including phenoxy) is 1. The van der Waals surface area contributed by atoms with Crippen molar-refractivity contribution in [1.29, 1.82) is 0 Å². The molecule has 0 amide bonds. The Morgan fingerprint density at radius 3 is 2.81 bits per heavy atom. The van der Waals surface area contributed by atoms with E-state index in [1.807, 2.05) is 13.8 Å². The van der Waals surface area contributed by atoms with Crippen molar-refractivity contribution in [2.24, 2.45) is 0 Å². The molecule has 2 heterocycles. The van der Waals surface area contributed by atoms with Crippen LogP contribution < -0.4 is 5.32 Å². The number of aryl methyl sites for hydroxylation is 1. The Hall–Kier alpha value is -1.67. The van der Waals surface area contributed by atoms with Gasteiger partial charge < -0.3 is 15.2 Å². The minimum Gasteiger partial charge on any atom is -0.385 e. The molecule has 118 valence electrons. The minimum atomic E-state index is -1.02. The Balaban J connectivity index is 2.28. The second kappa shape index (κ2) is 5.61. The van der Waals surface area contributed by atoms with Gasteiger partial charge in [-0.3, -0.25) is 10.1 Å². The van der Waals surface area contributed by atoms with E-state index in [2.05, 4.69) is 10.4 Å². The summed E-state index contributed by atoms with van der Waals surface area (Å²) in [6.07, 6.45) is 0.199. The number of nitrogens with zero attached hydrogens (tertiary/aromatic N) is 3. The first-order chi connectivity index (χ1) is 9.76. The number of hydrogen-bond donors (Lipinski definition) is 2. The topological polar surface area (TPSA) is 102 Å². The molecule has 8 nitrogen and oxygen atoms in total. The fourth-order valence-electron chi connectivity index (χ4n) is 2.54. The number of nitrogens with one attached hydrogen (secondary N) is 1. The zero-order valence-corrected chi connectivity index (χ0v) is 12.8. The van der Waals surface area contributed by atoms with Gasteiger partial charge in [-0.05, 0) is 27.7 Å². The van der Waals surface area contributed by atoms with E-state index < -0.39 is 10.5 Å². The van der Waals surface area contributed by atoms with Crippen LogP contribution in [0.3, 0.4) is 0 Å². The molecule has 0 aliphatic carbocycles. The molecule has 2 atom stereocenters. The minimum absolute atomic E-state index is 0.0215. The van der Waals surface area contributed by atoms with Gasteiger partial charge in [0, 0.05) is 25.6 Å². The molecular weight excluding hydrogens is 276 g/mol. The molecule has 1 fully saturated rings. The second-order valence-corrected chi connectivity index (χ2v) is 5.80. The predicted octanol–water partition coefficient (Wildman–Crippen LogP) is 1.63. The van der Waals surface area contributed by atoms with Crippen molar-refractivity contribution < 1.29 is 14.8 Å². The van der Waals surface area contributed by atoms with Gasteiger partial charge in [-0.1, -0.05) is 0 Å². The monoisotopic (exact) mass is 298 g/mol. The Kier molecular flexibility index (Phi) is 4.20. The highest BCUT2D eigenvalue weighted by Crippen LogP contribution is 2.32. The molecule has 1 saturated heterocycles. The summed E-state index contributed by atoms with van der Waals surface area (Å²) in [6, 6.07) is -0.0215. The van der Waals surface area contributed by atoms with Crippen LogP contribution in [0, 0.1) is 17.0 Å². The van der Waals surface area contributed by atoms with Crippen molar-refractivity contribution in [1.82, 2.24) is 9.78 Å². The molecule has 0 aromatic carbocycles. The summed E-state index contributed by atoms with van der Waals surface area (Å²) in [5, 5.41) is 29.0. The summed E-state index contributed by atoms with van der Waals surface area (Å²) in [6.45, 7) is 7.89. The van der Waals surface area contributed by atoms with Crippen LogP contribution in [0.4, 0.5) is 11.5 Å². The first kappa shape index (κ1) is 15.7.